The molecule has 33 heavy (non-hydrogen) atoms. The van der Waals surface area contributed by atoms with Gasteiger partial charge in [-0.2, -0.15) is 0 Å². The van der Waals surface area contributed by atoms with Crippen LogP contribution in [0.1, 0.15) is 42.7 Å². The average molecular weight is 449 g/mol. The van der Waals surface area contributed by atoms with E-state index >= 15 is 0 Å². The van der Waals surface area contributed by atoms with Gasteiger partial charge in [0.1, 0.15) is 6.61 Å². The molecule has 2 aliphatic carbocycles. The summed E-state index contributed by atoms with van der Waals surface area (Å²) in [6.07, 6.45) is 1.61. The Morgan fingerprint density at radius 1 is 1.00 bits per heavy atom. The smallest absolute Gasteiger partial charge is 0.407 e. The van der Waals surface area contributed by atoms with Gasteiger partial charge in [-0.1, -0.05) is 48.5 Å². The number of carboxylic acid groups (broad SMARTS) is 1. The fourth-order valence-corrected chi connectivity index (χ4v) is 5.45. The molecular formula is C26H28N2O5. The van der Waals surface area contributed by atoms with Crippen molar-refractivity contribution in [1.29, 1.82) is 0 Å². The second-order valence-corrected chi connectivity index (χ2v) is 9.37. The lowest BCUT2D eigenvalue weighted by Gasteiger charge is -2.36. The monoisotopic (exact) mass is 448 g/mol. The van der Waals surface area contributed by atoms with Crippen molar-refractivity contribution in [3.8, 4) is 11.1 Å². The molecule has 2 N–H and O–H groups in total. The maximum absolute atomic E-state index is 12.7. The third-order valence-corrected chi connectivity index (χ3v) is 7.21. The second kappa shape index (κ2) is 8.89. The van der Waals surface area contributed by atoms with Gasteiger partial charge in [0, 0.05) is 37.4 Å². The number of alkyl carbamates (subject to hydrolysis) is 1. The Morgan fingerprint density at radius 2 is 1.64 bits per heavy atom. The first kappa shape index (κ1) is 21.5. The van der Waals surface area contributed by atoms with Crippen LogP contribution < -0.4 is 5.32 Å². The van der Waals surface area contributed by atoms with E-state index in [4.69, 9.17) is 9.84 Å². The third-order valence-electron chi connectivity index (χ3n) is 7.21. The molecule has 2 aromatic carbocycles. The fourth-order valence-electron chi connectivity index (χ4n) is 5.45. The highest BCUT2D eigenvalue weighted by molar-refractivity contribution is 5.81. The van der Waals surface area contributed by atoms with Crippen molar-refractivity contribution in [3.05, 3.63) is 59.7 Å². The van der Waals surface area contributed by atoms with Crippen LogP contribution in [0.15, 0.2) is 48.5 Å². The van der Waals surface area contributed by atoms with E-state index in [9.17, 15) is 14.4 Å². The molecule has 0 spiro atoms. The number of hydrogen-bond acceptors (Lipinski definition) is 4. The van der Waals surface area contributed by atoms with Crippen LogP contribution in [0.2, 0.25) is 0 Å². The largest absolute Gasteiger partial charge is 0.481 e. The van der Waals surface area contributed by atoms with E-state index in [0.29, 0.717) is 25.9 Å². The van der Waals surface area contributed by atoms with Crippen molar-refractivity contribution in [2.24, 2.45) is 11.8 Å². The maximum Gasteiger partial charge on any atom is 0.407 e. The minimum Gasteiger partial charge on any atom is -0.481 e. The number of aliphatic carboxylic acids is 1. The van der Waals surface area contributed by atoms with Gasteiger partial charge in [0.15, 0.2) is 0 Å². The van der Waals surface area contributed by atoms with Crippen molar-refractivity contribution in [2.45, 2.75) is 37.6 Å². The molecule has 5 rings (SSSR count). The first-order chi connectivity index (χ1) is 16.0. The summed E-state index contributed by atoms with van der Waals surface area (Å²) in [6.45, 7) is 1.41. The zero-order chi connectivity index (χ0) is 22.9. The van der Waals surface area contributed by atoms with Crippen LogP contribution in [0.3, 0.4) is 0 Å². The van der Waals surface area contributed by atoms with Crippen LogP contribution in [0.5, 0.6) is 0 Å². The standard InChI is InChI=1S/C26H28N2O5/c29-24(30)11-16-9-10-28(14-16)25(31)17-12-18(13-17)27-26(32)33-15-23-21-7-3-1-5-19(21)20-6-2-4-8-22(20)23/h1-8,16-18,23H,9-15H2,(H,27,32)(H,29,30). The van der Waals surface area contributed by atoms with Crippen LogP contribution in [-0.2, 0) is 14.3 Å². The highest BCUT2D eigenvalue weighted by atomic mass is 16.5. The summed E-state index contributed by atoms with van der Waals surface area (Å²) >= 11 is 0. The molecule has 1 unspecified atom stereocenters. The minimum atomic E-state index is -0.815. The van der Waals surface area contributed by atoms with E-state index in [1.807, 2.05) is 24.3 Å². The first-order valence-electron chi connectivity index (χ1n) is 11.6. The van der Waals surface area contributed by atoms with Gasteiger partial charge in [-0.25, -0.2) is 4.79 Å². The van der Waals surface area contributed by atoms with Gasteiger partial charge < -0.3 is 20.1 Å². The van der Waals surface area contributed by atoms with Crippen molar-refractivity contribution < 1.29 is 24.2 Å². The normalized spacial score (nSPS) is 23.4. The van der Waals surface area contributed by atoms with Gasteiger partial charge in [-0.05, 0) is 47.4 Å². The minimum absolute atomic E-state index is 0.0211. The molecule has 1 heterocycles. The summed E-state index contributed by atoms with van der Waals surface area (Å²) in [4.78, 5) is 37.7. The van der Waals surface area contributed by atoms with E-state index in [2.05, 4.69) is 29.6 Å². The molecule has 172 valence electrons. The molecule has 3 aliphatic rings. The number of ether oxygens (including phenoxy) is 1. The van der Waals surface area contributed by atoms with Crippen molar-refractivity contribution in [2.75, 3.05) is 19.7 Å². The number of carbonyl (C=O) groups excluding carboxylic acids is 2. The van der Waals surface area contributed by atoms with E-state index < -0.39 is 12.1 Å². The summed E-state index contributed by atoms with van der Waals surface area (Å²) in [5.41, 5.74) is 4.73. The SMILES string of the molecule is O=C(O)CC1CCN(C(=O)C2CC(NC(=O)OCC3c4ccccc4-c4ccccc43)C2)C1. The summed E-state index contributed by atoms with van der Waals surface area (Å²) in [5.74, 6) is -0.778. The average Bonchev–Trinajstić information content (AvgIpc) is 3.36. The number of likely N-dealkylation sites (tertiary alicyclic amines) is 1. The molecule has 1 saturated carbocycles. The number of carboxylic acids is 1. The second-order valence-electron chi connectivity index (χ2n) is 9.37. The molecule has 0 radical (unpaired) electrons. The van der Waals surface area contributed by atoms with Gasteiger partial charge in [0.2, 0.25) is 5.91 Å². The molecule has 7 heteroatoms. The van der Waals surface area contributed by atoms with Gasteiger partial charge in [-0.3, -0.25) is 9.59 Å². The predicted molar refractivity (Wildman–Crippen MR) is 122 cm³/mol. The highest BCUT2D eigenvalue weighted by Crippen LogP contribution is 2.44. The van der Waals surface area contributed by atoms with Crippen molar-refractivity contribution in [1.82, 2.24) is 10.2 Å². The quantitative estimate of drug-likeness (QED) is 0.704. The first-order valence-corrected chi connectivity index (χ1v) is 11.6. The van der Waals surface area contributed by atoms with Crippen LogP contribution in [0.25, 0.3) is 11.1 Å². The molecule has 0 bridgehead atoms. The number of amides is 2. The summed E-state index contributed by atoms with van der Waals surface area (Å²) in [7, 11) is 0. The molecule has 1 atom stereocenters. The number of hydrogen-bond donors (Lipinski definition) is 2. The van der Waals surface area contributed by atoms with Gasteiger partial charge in [-0.15, -0.1) is 0 Å². The number of benzene rings is 2. The zero-order valence-electron chi connectivity index (χ0n) is 18.4. The van der Waals surface area contributed by atoms with E-state index in [-0.39, 0.29) is 42.7 Å². The van der Waals surface area contributed by atoms with Crippen molar-refractivity contribution in [3.63, 3.8) is 0 Å². The Labute approximate surface area is 192 Å². The topological polar surface area (TPSA) is 95.9 Å². The molecule has 1 saturated heterocycles. The zero-order valence-corrected chi connectivity index (χ0v) is 18.4. The Bertz CT molecular complexity index is 1030. The van der Waals surface area contributed by atoms with E-state index in [1.165, 1.54) is 22.3 Å². The van der Waals surface area contributed by atoms with Crippen LogP contribution in [0.4, 0.5) is 4.79 Å². The molecule has 2 fully saturated rings. The Balaban J connectivity index is 1.09. The fraction of sp³-hybridized carbons (Fsp3) is 0.423. The lowest BCUT2D eigenvalue weighted by molar-refractivity contribution is -0.140. The Morgan fingerprint density at radius 3 is 2.27 bits per heavy atom. The van der Waals surface area contributed by atoms with E-state index in [0.717, 1.165) is 6.42 Å². The molecule has 0 aromatic heterocycles. The number of carbonyl (C=O) groups is 3. The number of nitrogens with one attached hydrogen (secondary N) is 1. The van der Waals surface area contributed by atoms with Crippen LogP contribution >= 0.6 is 0 Å². The number of nitrogens with zero attached hydrogens (tertiary/aromatic N) is 1. The Hall–Kier alpha value is -3.35. The third kappa shape index (κ3) is 4.32. The maximum atomic E-state index is 12.7. The lowest BCUT2D eigenvalue weighted by atomic mass is 9.79. The molecule has 2 aromatic rings. The molecule has 1 aliphatic heterocycles. The van der Waals surface area contributed by atoms with Gasteiger partial charge in [0.05, 0.1) is 0 Å². The predicted octanol–water partition coefficient (Wildman–Crippen LogP) is 3.63. The summed E-state index contributed by atoms with van der Waals surface area (Å²) in [6, 6.07) is 16.4. The molecular weight excluding hydrogens is 420 g/mol. The highest BCUT2D eigenvalue weighted by Gasteiger charge is 2.40. The van der Waals surface area contributed by atoms with Gasteiger partial charge >= 0.3 is 12.1 Å². The van der Waals surface area contributed by atoms with Crippen LogP contribution in [-0.4, -0.2) is 53.7 Å². The molecule has 2 amide bonds. The number of rotatable bonds is 6. The summed E-state index contributed by atoms with van der Waals surface area (Å²) < 4.78 is 5.59. The number of fused-ring (bicyclic) bond motifs is 3. The van der Waals surface area contributed by atoms with Crippen molar-refractivity contribution >= 4 is 18.0 Å². The lowest BCUT2D eigenvalue weighted by Crippen LogP contribution is -2.50. The van der Waals surface area contributed by atoms with Crippen LogP contribution in [0, 0.1) is 11.8 Å². The molecule has 7 nitrogen and oxygen atoms in total. The van der Waals surface area contributed by atoms with E-state index in [1.54, 1.807) is 4.90 Å². The summed E-state index contributed by atoms with van der Waals surface area (Å²) in [5, 5.41) is 11.8. The van der Waals surface area contributed by atoms with Gasteiger partial charge in [0.25, 0.3) is 0 Å². The Kier molecular flexibility index (Phi) is 5.79.